The van der Waals surface area contributed by atoms with Gasteiger partial charge in [0.2, 0.25) is 0 Å². The maximum atomic E-state index is 13.0. The van der Waals surface area contributed by atoms with Crippen LogP contribution in [-0.2, 0) is 4.79 Å². The summed E-state index contributed by atoms with van der Waals surface area (Å²) < 4.78 is 0. The Morgan fingerprint density at radius 3 is 2.46 bits per heavy atom. The lowest BCUT2D eigenvalue weighted by Crippen LogP contribution is -2.45. The maximum Gasteiger partial charge on any atom is 0.323 e. The quantitative estimate of drug-likeness (QED) is 0.878. The number of aliphatic carboxylic acids is 1. The minimum Gasteiger partial charge on any atom is -0.480 e. The Hall–Kier alpha value is -2.93. The fourth-order valence-corrected chi connectivity index (χ4v) is 2.94. The van der Waals surface area contributed by atoms with E-state index in [-0.39, 0.29) is 5.91 Å². The van der Waals surface area contributed by atoms with Gasteiger partial charge < -0.3 is 14.9 Å². The van der Waals surface area contributed by atoms with E-state index in [0.29, 0.717) is 11.3 Å². The van der Waals surface area contributed by atoms with Crippen molar-refractivity contribution in [1.82, 2.24) is 9.88 Å². The molecule has 7 nitrogen and oxygen atoms in total. The predicted molar refractivity (Wildman–Crippen MR) is 99.7 cm³/mol. The Morgan fingerprint density at radius 2 is 1.81 bits per heavy atom. The molecule has 0 unspecified atom stereocenters. The average molecular weight is 354 g/mol. The van der Waals surface area contributed by atoms with E-state index in [9.17, 15) is 14.7 Å². The normalized spacial score (nSPS) is 14.9. The van der Waals surface area contributed by atoms with Gasteiger partial charge in [-0.25, -0.2) is 4.98 Å². The number of hydrogen-bond donors (Lipinski definition) is 1. The first kappa shape index (κ1) is 17.9. The largest absolute Gasteiger partial charge is 0.480 e. The van der Waals surface area contributed by atoms with Gasteiger partial charge in [-0.3, -0.25) is 14.5 Å². The highest BCUT2D eigenvalue weighted by molar-refractivity contribution is 6.08. The van der Waals surface area contributed by atoms with Gasteiger partial charge in [-0.05, 0) is 31.3 Å². The summed E-state index contributed by atoms with van der Waals surface area (Å²) >= 11 is 0. The number of para-hydroxylation sites is 1. The Bertz CT molecular complexity index is 773. The number of pyridine rings is 1. The van der Waals surface area contributed by atoms with Gasteiger partial charge in [0.05, 0.1) is 0 Å². The van der Waals surface area contributed by atoms with Gasteiger partial charge in [0.1, 0.15) is 12.4 Å². The summed E-state index contributed by atoms with van der Waals surface area (Å²) in [5.74, 6) is -0.667. The minimum atomic E-state index is -1.06. The van der Waals surface area contributed by atoms with Gasteiger partial charge >= 0.3 is 5.97 Å². The number of anilines is 2. The van der Waals surface area contributed by atoms with Gasteiger partial charge in [-0.15, -0.1) is 0 Å². The second-order valence-electron chi connectivity index (χ2n) is 6.31. The lowest BCUT2D eigenvalue weighted by Gasteiger charge is -2.33. The molecule has 3 rings (SSSR count). The molecule has 1 aliphatic heterocycles. The number of carboxylic acids is 1. The number of likely N-dealkylation sites (N-methyl/N-ethyl adjacent to an activating group) is 1. The Kier molecular flexibility index (Phi) is 5.48. The first-order valence-corrected chi connectivity index (χ1v) is 8.53. The van der Waals surface area contributed by atoms with E-state index in [0.717, 1.165) is 32.0 Å². The SMILES string of the molecule is CN1CCN(c2cc(C(=O)N(CC(=O)O)c3ccccc3)ccn2)CC1. The molecule has 7 heteroatoms. The standard InChI is InChI=1S/C19H22N4O3/c1-21-9-11-22(12-10-21)17-13-15(7-8-20-17)19(26)23(14-18(24)25)16-5-3-2-4-6-16/h2-8,13H,9-12,14H2,1H3,(H,24,25). The number of piperazine rings is 1. The summed E-state index contributed by atoms with van der Waals surface area (Å²) in [6.07, 6.45) is 1.60. The van der Waals surface area contributed by atoms with Gasteiger partial charge in [0.25, 0.3) is 5.91 Å². The summed E-state index contributed by atoms with van der Waals surface area (Å²) in [6.45, 7) is 3.18. The number of benzene rings is 1. The second kappa shape index (κ2) is 7.97. The van der Waals surface area contributed by atoms with E-state index in [1.807, 2.05) is 6.07 Å². The van der Waals surface area contributed by atoms with Crippen LogP contribution in [0.2, 0.25) is 0 Å². The highest BCUT2D eigenvalue weighted by Crippen LogP contribution is 2.20. The van der Waals surface area contributed by atoms with Crippen LogP contribution < -0.4 is 9.80 Å². The van der Waals surface area contributed by atoms with Crippen LogP contribution in [-0.4, -0.2) is 66.6 Å². The molecule has 2 aromatic rings. The molecule has 1 saturated heterocycles. The average Bonchev–Trinajstić information content (AvgIpc) is 2.67. The smallest absolute Gasteiger partial charge is 0.323 e. The van der Waals surface area contributed by atoms with Crippen molar-refractivity contribution in [2.75, 3.05) is 49.6 Å². The van der Waals surface area contributed by atoms with Crippen LogP contribution in [0.4, 0.5) is 11.5 Å². The van der Waals surface area contributed by atoms with Crippen LogP contribution in [0.3, 0.4) is 0 Å². The van der Waals surface area contributed by atoms with E-state index in [4.69, 9.17) is 0 Å². The molecule has 0 saturated carbocycles. The van der Waals surface area contributed by atoms with Crippen molar-refractivity contribution in [1.29, 1.82) is 0 Å². The molecule has 0 radical (unpaired) electrons. The van der Waals surface area contributed by atoms with E-state index in [1.165, 1.54) is 4.90 Å². The van der Waals surface area contributed by atoms with Crippen molar-refractivity contribution in [3.8, 4) is 0 Å². The Balaban J connectivity index is 1.85. The lowest BCUT2D eigenvalue weighted by molar-refractivity contribution is -0.135. The van der Waals surface area contributed by atoms with E-state index >= 15 is 0 Å². The number of carbonyl (C=O) groups is 2. The molecule has 1 N–H and O–H groups in total. The molecule has 2 heterocycles. The molecule has 136 valence electrons. The molecule has 1 amide bonds. The molecule has 0 bridgehead atoms. The summed E-state index contributed by atoms with van der Waals surface area (Å²) in [5.41, 5.74) is 0.983. The van der Waals surface area contributed by atoms with Crippen molar-refractivity contribution in [3.05, 3.63) is 54.2 Å². The monoisotopic (exact) mass is 354 g/mol. The zero-order chi connectivity index (χ0) is 18.5. The van der Waals surface area contributed by atoms with E-state index in [2.05, 4.69) is 21.8 Å². The number of nitrogens with zero attached hydrogens (tertiary/aromatic N) is 4. The topological polar surface area (TPSA) is 77.0 Å². The van der Waals surface area contributed by atoms with Crippen LogP contribution in [0, 0.1) is 0 Å². The van der Waals surface area contributed by atoms with Gasteiger partial charge in [0, 0.05) is 43.6 Å². The number of hydrogen-bond acceptors (Lipinski definition) is 5. The predicted octanol–water partition coefficient (Wildman–Crippen LogP) is 1.56. The molecule has 1 aliphatic rings. The zero-order valence-electron chi connectivity index (χ0n) is 14.7. The molecule has 1 aromatic heterocycles. The molecule has 26 heavy (non-hydrogen) atoms. The second-order valence-corrected chi connectivity index (χ2v) is 6.31. The number of amides is 1. The molecule has 0 atom stereocenters. The summed E-state index contributed by atoms with van der Waals surface area (Å²) in [6, 6.07) is 12.2. The van der Waals surface area contributed by atoms with Crippen LogP contribution >= 0.6 is 0 Å². The third kappa shape index (κ3) is 4.18. The van der Waals surface area contributed by atoms with Gasteiger partial charge in [-0.1, -0.05) is 18.2 Å². The van der Waals surface area contributed by atoms with Crippen LogP contribution in [0.25, 0.3) is 0 Å². The van der Waals surface area contributed by atoms with Crippen molar-refractivity contribution >= 4 is 23.4 Å². The van der Waals surface area contributed by atoms with Crippen molar-refractivity contribution in [2.24, 2.45) is 0 Å². The van der Waals surface area contributed by atoms with E-state index < -0.39 is 12.5 Å². The molecule has 0 spiro atoms. The number of rotatable bonds is 5. The first-order chi connectivity index (χ1) is 12.5. The number of aromatic nitrogens is 1. The molecule has 0 aliphatic carbocycles. The first-order valence-electron chi connectivity index (χ1n) is 8.53. The van der Waals surface area contributed by atoms with Gasteiger partial charge in [-0.2, -0.15) is 0 Å². The fraction of sp³-hybridized carbons (Fsp3) is 0.316. The maximum absolute atomic E-state index is 13.0. The third-order valence-corrected chi connectivity index (χ3v) is 4.43. The van der Waals surface area contributed by atoms with Crippen molar-refractivity contribution < 1.29 is 14.7 Å². The van der Waals surface area contributed by atoms with E-state index in [1.54, 1.807) is 42.6 Å². The summed E-state index contributed by atoms with van der Waals surface area (Å²) in [4.78, 5) is 34.3. The Morgan fingerprint density at radius 1 is 1.12 bits per heavy atom. The van der Waals surface area contributed by atoms with Crippen LogP contribution in [0.15, 0.2) is 48.7 Å². The van der Waals surface area contributed by atoms with Crippen molar-refractivity contribution in [3.63, 3.8) is 0 Å². The molecular weight excluding hydrogens is 332 g/mol. The summed E-state index contributed by atoms with van der Waals surface area (Å²) in [5, 5.41) is 9.21. The zero-order valence-corrected chi connectivity index (χ0v) is 14.7. The fourth-order valence-electron chi connectivity index (χ4n) is 2.94. The third-order valence-electron chi connectivity index (χ3n) is 4.43. The van der Waals surface area contributed by atoms with Crippen LogP contribution in [0.5, 0.6) is 0 Å². The van der Waals surface area contributed by atoms with Crippen molar-refractivity contribution in [2.45, 2.75) is 0 Å². The summed E-state index contributed by atoms with van der Waals surface area (Å²) in [7, 11) is 2.08. The number of carboxylic acid groups (broad SMARTS) is 1. The highest BCUT2D eigenvalue weighted by atomic mass is 16.4. The molecular formula is C19H22N4O3. The minimum absolute atomic E-state index is 0.351. The van der Waals surface area contributed by atoms with Crippen LogP contribution in [0.1, 0.15) is 10.4 Å². The molecule has 1 aromatic carbocycles. The lowest BCUT2D eigenvalue weighted by atomic mass is 10.2. The van der Waals surface area contributed by atoms with Gasteiger partial charge in [0.15, 0.2) is 0 Å². The highest BCUT2D eigenvalue weighted by Gasteiger charge is 2.22. The molecule has 1 fully saturated rings. The number of carbonyl (C=O) groups excluding carboxylic acids is 1. The Labute approximate surface area is 152 Å².